The average Bonchev–Trinajstić information content (AvgIpc) is 2.71. The smallest absolute Gasteiger partial charge is 0.189 e. The van der Waals surface area contributed by atoms with Crippen LogP contribution < -0.4 is 25.3 Å². The van der Waals surface area contributed by atoms with Gasteiger partial charge in [0.25, 0.3) is 0 Å². The van der Waals surface area contributed by atoms with Crippen molar-refractivity contribution < 1.29 is 14.2 Å². The van der Waals surface area contributed by atoms with Crippen LogP contribution in [0.1, 0.15) is 37.0 Å². The van der Waals surface area contributed by atoms with Crippen LogP contribution in [0, 0.1) is 6.92 Å². The first-order chi connectivity index (χ1) is 13.5. The van der Waals surface area contributed by atoms with Gasteiger partial charge in [-0.1, -0.05) is 25.1 Å². The Bertz CT molecular complexity index is 812. The Labute approximate surface area is 190 Å². The van der Waals surface area contributed by atoms with Gasteiger partial charge >= 0.3 is 0 Å². The van der Waals surface area contributed by atoms with Crippen LogP contribution in [-0.2, 0) is 13.1 Å². The first-order valence-corrected chi connectivity index (χ1v) is 9.47. The van der Waals surface area contributed by atoms with E-state index in [1.165, 1.54) is 0 Å². The number of nitrogens with two attached hydrogens (primary N) is 1. The van der Waals surface area contributed by atoms with E-state index in [-0.39, 0.29) is 30.1 Å². The number of halogens is 1. The lowest BCUT2D eigenvalue weighted by molar-refractivity contribution is 0.215. The molecule has 0 radical (unpaired) electrons. The molecule has 0 fully saturated rings. The van der Waals surface area contributed by atoms with Crippen molar-refractivity contribution in [2.75, 3.05) is 14.2 Å². The summed E-state index contributed by atoms with van der Waals surface area (Å²) < 4.78 is 16.6. The monoisotopic (exact) mass is 513 g/mol. The standard InChI is InChI=1S/C22H31N3O3.HI/c1-6-16(3)28-20-11-15(2)7-9-18(20)14-25-22(23)24-13-17-8-10-19(26-4)21(12-17)27-5;/h7-12,16H,6,13-14H2,1-5H3,(H3,23,24,25);1H. The van der Waals surface area contributed by atoms with Crippen molar-refractivity contribution in [1.29, 1.82) is 0 Å². The topological polar surface area (TPSA) is 78.1 Å². The lowest BCUT2D eigenvalue weighted by atomic mass is 10.1. The fourth-order valence-corrected chi connectivity index (χ4v) is 2.61. The Kier molecular flexibility index (Phi) is 10.6. The van der Waals surface area contributed by atoms with Gasteiger partial charge in [-0.25, -0.2) is 4.99 Å². The molecule has 0 amide bonds. The van der Waals surface area contributed by atoms with Crippen molar-refractivity contribution in [3.8, 4) is 17.2 Å². The van der Waals surface area contributed by atoms with Gasteiger partial charge in [0.1, 0.15) is 5.75 Å². The van der Waals surface area contributed by atoms with Crippen LogP contribution in [0.5, 0.6) is 17.2 Å². The van der Waals surface area contributed by atoms with Crippen molar-refractivity contribution in [3.05, 3.63) is 53.1 Å². The molecule has 2 aromatic rings. The highest BCUT2D eigenvalue weighted by Gasteiger charge is 2.08. The predicted molar refractivity (Wildman–Crippen MR) is 129 cm³/mol. The first kappa shape index (κ1) is 24.9. The second kappa shape index (κ2) is 12.4. The highest BCUT2D eigenvalue weighted by molar-refractivity contribution is 14.0. The fourth-order valence-electron chi connectivity index (χ4n) is 2.61. The van der Waals surface area contributed by atoms with Gasteiger partial charge in [0.05, 0.1) is 26.9 Å². The summed E-state index contributed by atoms with van der Waals surface area (Å²) in [6.07, 6.45) is 1.12. The molecule has 2 rings (SSSR count). The van der Waals surface area contributed by atoms with Crippen LogP contribution in [0.2, 0.25) is 0 Å². The van der Waals surface area contributed by atoms with E-state index in [1.54, 1.807) is 14.2 Å². The summed E-state index contributed by atoms with van der Waals surface area (Å²) in [5, 5.41) is 3.16. The van der Waals surface area contributed by atoms with Crippen LogP contribution in [0.15, 0.2) is 41.4 Å². The Morgan fingerprint density at radius 2 is 1.79 bits per heavy atom. The molecule has 29 heavy (non-hydrogen) atoms. The van der Waals surface area contributed by atoms with Crippen molar-refractivity contribution in [2.45, 2.75) is 46.4 Å². The number of hydrogen-bond acceptors (Lipinski definition) is 4. The summed E-state index contributed by atoms with van der Waals surface area (Å²) in [5.74, 6) is 2.63. The molecule has 3 N–H and O–H groups in total. The number of rotatable bonds is 9. The largest absolute Gasteiger partial charge is 0.493 e. The highest BCUT2D eigenvalue weighted by atomic mass is 127. The van der Waals surface area contributed by atoms with Crippen LogP contribution in [0.3, 0.4) is 0 Å². The molecule has 0 spiro atoms. The van der Waals surface area contributed by atoms with Crippen LogP contribution in [0.25, 0.3) is 0 Å². The second-order valence-electron chi connectivity index (χ2n) is 6.69. The predicted octanol–water partition coefficient (Wildman–Crippen LogP) is 4.41. The first-order valence-electron chi connectivity index (χ1n) is 9.47. The SMILES string of the molecule is CCC(C)Oc1cc(C)ccc1CNC(N)=NCc1ccc(OC)c(OC)c1.I. The summed E-state index contributed by atoms with van der Waals surface area (Å²) >= 11 is 0. The van der Waals surface area contributed by atoms with Gasteiger partial charge in [0.15, 0.2) is 17.5 Å². The molecule has 0 aliphatic heterocycles. The number of benzene rings is 2. The number of hydrogen-bond donors (Lipinski definition) is 2. The van der Waals surface area contributed by atoms with E-state index in [1.807, 2.05) is 18.2 Å². The molecule has 1 unspecified atom stereocenters. The zero-order valence-electron chi connectivity index (χ0n) is 17.8. The van der Waals surface area contributed by atoms with Crippen LogP contribution in [-0.4, -0.2) is 26.3 Å². The molecular formula is C22H32IN3O3. The summed E-state index contributed by atoms with van der Waals surface area (Å²) in [7, 11) is 3.23. The second-order valence-corrected chi connectivity index (χ2v) is 6.69. The van der Waals surface area contributed by atoms with Crippen molar-refractivity contribution in [2.24, 2.45) is 10.7 Å². The van der Waals surface area contributed by atoms with Crippen LogP contribution in [0.4, 0.5) is 0 Å². The third-order valence-electron chi connectivity index (χ3n) is 4.47. The third kappa shape index (κ3) is 7.64. The molecular weight excluding hydrogens is 481 g/mol. The van der Waals surface area contributed by atoms with E-state index in [0.717, 1.165) is 28.9 Å². The summed E-state index contributed by atoms with van der Waals surface area (Å²) in [5.41, 5.74) is 9.25. The number of nitrogens with zero attached hydrogens (tertiary/aromatic N) is 1. The molecule has 160 valence electrons. The van der Waals surface area contributed by atoms with E-state index in [9.17, 15) is 0 Å². The molecule has 0 aromatic heterocycles. The maximum absolute atomic E-state index is 6.05. The van der Waals surface area contributed by atoms with Gasteiger partial charge in [0.2, 0.25) is 0 Å². The molecule has 0 saturated carbocycles. The number of ether oxygens (including phenoxy) is 3. The van der Waals surface area contributed by atoms with Gasteiger partial charge in [-0.05, 0) is 49.6 Å². The van der Waals surface area contributed by atoms with E-state index in [0.29, 0.717) is 30.5 Å². The van der Waals surface area contributed by atoms with E-state index >= 15 is 0 Å². The van der Waals surface area contributed by atoms with E-state index in [2.05, 4.69) is 49.3 Å². The van der Waals surface area contributed by atoms with Gasteiger partial charge in [-0.2, -0.15) is 0 Å². The van der Waals surface area contributed by atoms with Crippen molar-refractivity contribution in [3.63, 3.8) is 0 Å². The van der Waals surface area contributed by atoms with Gasteiger partial charge in [0, 0.05) is 12.1 Å². The van der Waals surface area contributed by atoms with Crippen LogP contribution >= 0.6 is 24.0 Å². The third-order valence-corrected chi connectivity index (χ3v) is 4.47. The maximum atomic E-state index is 6.05. The molecule has 0 heterocycles. The zero-order chi connectivity index (χ0) is 20.5. The lowest BCUT2D eigenvalue weighted by Crippen LogP contribution is -2.31. The lowest BCUT2D eigenvalue weighted by Gasteiger charge is -2.17. The number of nitrogens with one attached hydrogen (secondary N) is 1. The Morgan fingerprint density at radius 1 is 1.07 bits per heavy atom. The zero-order valence-corrected chi connectivity index (χ0v) is 20.2. The molecule has 0 saturated heterocycles. The molecule has 1 atom stereocenters. The minimum Gasteiger partial charge on any atom is -0.493 e. The quantitative estimate of drug-likeness (QED) is 0.295. The number of guanidine groups is 1. The van der Waals surface area contributed by atoms with E-state index in [4.69, 9.17) is 19.9 Å². The Hall–Kier alpha value is -2.16. The Balaban J connectivity index is 0.00000420. The van der Waals surface area contributed by atoms with E-state index < -0.39 is 0 Å². The van der Waals surface area contributed by atoms with Gasteiger partial charge in [-0.15, -0.1) is 24.0 Å². The molecule has 7 heteroatoms. The minimum absolute atomic E-state index is 0. The number of aliphatic imine (C=N–C) groups is 1. The summed E-state index contributed by atoms with van der Waals surface area (Å²) in [6, 6.07) is 11.9. The molecule has 0 bridgehead atoms. The number of aryl methyl sites for hydroxylation is 1. The molecule has 0 aliphatic carbocycles. The summed E-state index contributed by atoms with van der Waals surface area (Å²) in [6.45, 7) is 7.23. The fraction of sp³-hybridized carbons (Fsp3) is 0.409. The normalized spacial score (nSPS) is 12.0. The van der Waals surface area contributed by atoms with Crippen molar-refractivity contribution in [1.82, 2.24) is 5.32 Å². The minimum atomic E-state index is 0. The Morgan fingerprint density at radius 3 is 2.45 bits per heavy atom. The molecule has 0 aliphatic rings. The molecule has 2 aromatic carbocycles. The van der Waals surface area contributed by atoms with Crippen molar-refractivity contribution >= 4 is 29.9 Å². The molecule has 6 nitrogen and oxygen atoms in total. The van der Waals surface area contributed by atoms with Gasteiger partial charge < -0.3 is 25.3 Å². The maximum Gasteiger partial charge on any atom is 0.189 e. The summed E-state index contributed by atoms with van der Waals surface area (Å²) in [4.78, 5) is 4.41. The number of methoxy groups -OCH3 is 2. The average molecular weight is 513 g/mol. The van der Waals surface area contributed by atoms with Gasteiger partial charge in [-0.3, -0.25) is 0 Å². The highest BCUT2D eigenvalue weighted by Crippen LogP contribution is 2.27.